The topological polar surface area (TPSA) is 49.3 Å². The van der Waals surface area contributed by atoms with Gasteiger partial charge in [-0.3, -0.25) is 4.79 Å². The van der Waals surface area contributed by atoms with Crippen LogP contribution in [0.5, 0.6) is 0 Å². The highest BCUT2D eigenvalue weighted by atomic mass is 16.3. The minimum atomic E-state index is -0.0755. The van der Waals surface area contributed by atoms with Gasteiger partial charge in [-0.25, -0.2) is 0 Å². The molecule has 1 rings (SSSR count). The average molecular weight is 143 g/mol. The van der Waals surface area contributed by atoms with E-state index in [0.29, 0.717) is 13.0 Å². The maximum Gasteiger partial charge on any atom is 0.220 e. The highest BCUT2D eigenvalue weighted by Gasteiger charge is 2.28. The lowest BCUT2D eigenvalue weighted by Crippen LogP contribution is -2.43. The van der Waals surface area contributed by atoms with E-state index < -0.39 is 0 Å². The normalized spacial score (nSPS) is 33.6. The summed E-state index contributed by atoms with van der Waals surface area (Å²) < 4.78 is 0. The van der Waals surface area contributed by atoms with Gasteiger partial charge in [0.15, 0.2) is 0 Å². The van der Waals surface area contributed by atoms with Crippen molar-refractivity contribution in [3.63, 3.8) is 0 Å². The number of carbonyl (C=O) groups is 1. The quantitative estimate of drug-likeness (QED) is 0.538. The van der Waals surface area contributed by atoms with Crippen LogP contribution in [-0.4, -0.2) is 24.2 Å². The van der Waals surface area contributed by atoms with E-state index in [1.807, 2.05) is 6.92 Å². The van der Waals surface area contributed by atoms with E-state index in [2.05, 4.69) is 5.32 Å². The summed E-state index contributed by atoms with van der Waals surface area (Å²) in [5.74, 6) is 0.103. The number of piperidine rings is 1. The van der Waals surface area contributed by atoms with Gasteiger partial charge in [-0.05, 0) is 6.42 Å². The molecule has 1 unspecified atom stereocenters. The zero-order valence-corrected chi connectivity index (χ0v) is 6.18. The number of nitrogens with one attached hydrogen (secondary N) is 1. The first kappa shape index (κ1) is 7.54. The highest BCUT2D eigenvalue weighted by Crippen LogP contribution is 2.24. The predicted octanol–water partition coefficient (Wildman–Crippen LogP) is -0.105. The summed E-state index contributed by atoms with van der Waals surface area (Å²) in [5.41, 5.74) is -0.0755. The highest BCUT2D eigenvalue weighted by molar-refractivity contribution is 5.76. The van der Waals surface area contributed by atoms with Gasteiger partial charge in [0.2, 0.25) is 5.91 Å². The fraction of sp³-hybridized carbons (Fsp3) is 0.857. The van der Waals surface area contributed by atoms with E-state index in [9.17, 15) is 4.79 Å². The third-order valence-corrected chi connectivity index (χ3v) is 2.05. The molecule has 2 N–H and O–H groups in total. The van der Waals surface area contributed by atoms with Gasteiger partial charge in [-0.15, -0.1) is 0 Å². The SMILES string of the molecule is CC1(CO)CCC(=O)NC1. The molecule has 0 aromatic rings. The summed E-state index contributed by atoms with van der Waals surface area (Å²) in [7, 11) is 0. The van der Waals surface area contributed by atoms with Gasteiger partial charge in [0.05, 0.1) is 6.61 Å². The molecule has 0 aromatic heterocycles. The van der Waals surface area contributed by atoms with E-state index in [4.69, 9.17) is 5.11 Å². The molecule has 1 saturated heterocycles. The van der Waals surface area contributed by atoms with E-state index in [1.165, 1.54) is 0 Å². The van der Waals surface area contributed by atoms with Gasteiger partial charge >= 0.3 is 0 Å². The molecule has 0 aliphatic carbocycles. The standard InChI is InChI=1S/C7H13NO2/c1-7(5-9)3-2-6(10)8-4-7/h9H,2-5H2,1H3,(H,8,10). The smallest absolute Gasteiger partial charge is 0.220 e. The van der Waals surface area contributed by atoms with E-state index >= 15 is 0 Å². The summed E-state index contributed by atoms with van der Waals surface area (Å²) in [6, 6.07) is 0. The van der Waals surface area contributed by atoms with E-state index in [0.717, 1.165) is 6.42 Å². The lowest BCUT2D eigenvalue weighted by Gasteiger charge is -2.31. The molecule has 0 spiro atoms. The Morgan fingerprint density at radius 3 is 2.90 bits per heavy atom. The van der Waals surface area contributed by atoms with Crippen molar-refractivity contribution < 1.29 is 9.90 Å². The Kier molecular flexibility index (Phi) is 1.94. The third kappa shape index (κ3) is 1.48. The van der Waals surface area contributed by atoms with Gasteiger partial charge in [0.25, 0.3) is 0 Å². The van der Waals surface area contributed by atoms with Crippen molar-refractivity contribution in [1.82, 2.24) is 5.32 Å². The molecule has 58 valence electrons. The molecule has 10 heavy (non-hydrogen) atoms. The molecule has 0 bridgehead atoms. The number of hydrogen-bond acceptors (Lipinski definition) is 2. The Morgan fingerprint density at radius 1 is 1.80 bits per heavy atom. The number of amides is 1. The number of aliphatic hydroxyl groups is 1. The van der Waals surface area contributed by atoms with Gasteiger partial charge in [-0.2, -0.15) is 0 Å². The number of rotatable bonds is 1. The molecule has 0 aromatic carbocycles. The second-order valence-electron chi connectivity index (χ2n) is 3.25. The van der Waals surface area contributed by atoms with Gasteiger partial charge in [0.1, 0.15) is 0 Å². The van der Waals surface area contributed by atoms with E-state index in [1.54, 1.807) is 0 Å². The second kappa shape index (κ2) is 2.58. The van der Waals surface area contributed by atoms with Crippen LogP contribution in [0.15, 0.2) is 0 Å². The molecule has 1 atom stereocenters. The first-order chi connectivity index (χ1) is 4.66. The van der Waals surface area contributed by atoms with Crippen molar-refractivity contribution in [2.45, 2.75) is 19.8 Å². The van der Waals surface area contributed by atoms with Gasteiger partial charge < -0.3 is 10.4 Å². The molecule has 1 aliphatic heterocycles. The largest absolute Gasteiger partial charge is 0.396 e. The first-order valence-electron chi connectivity index (χ1n) is 3.54. The molecule has 0 saturated carbocycles. The maximum absolute atomic E-state index is 10.7. The number of carbonyl (C=O) groups excluding carboxylic acids is 1. The first-order valence-corrected chi connectivity index (χ1v) is 3.54. The third-order valence-electron chi connectivity index (χ3n) is 2.05. The predicted molar refractivity (Wildman–Crippen MR) is 37.4 cm³/mol. The van der Waals surface area contributed by atoms with E-state index in [-0.39, 0.29) is 17.9 Å². The van der Waals surface area contributed by atoms with Crippen molar-refractivity contribution in [2.75, 3.05) is 13.2 Å². The fourth-order valence-corrected chi connectivity index (χ4v) is 1.04. The molecule has 3 nitrogen and oxygen atoms in total. The van der Waals surface area contributed by atoms with Crippen LogP contribution >= 0.6 is 0 Å². The zero-order chi connectivity index (χ0) is 7.61. The Balaban J connectivity index is 2.46. The van der Waals surface area contributed by atoms with Crippen LogP contribution in [0.2, 0.25) is 0 Å². The molecular formula is C7H13NO2. The van der Waals surface area contributed by atoms with Crippen molar-refractivity contribution in [2.24, 2.45) is 5.41 Å². The molecule has 3 heteroatoms. The van der Waals surface area contributed by atoms with Gasteiger partial charge in [-0.1, -0.05) is 6.92 Å². The van der Waals surface area contributed by atoms with Crippen LogP contribution in [0.3, 0.4) is 0 Å². The molecular weight excluding hydrogens is 130 g/mol. The minimum Gasteiger partial charge on any atom is -0.396 e. The number of aliphatic hydroxyl groups excluding tert-OH is 1. The average Bonchev–Trinajstić information content (AvgIpc) is 1.96. The molecule has 0 radical (unpaired) electrons. The van der Waals surface area contributed by atoms with Gasteiger partial charge in [0, 0.05) is 18.4 Å². The summed E-state index contributed by atoms with van der Waals surface area (Å²) >= 11 is 0. The Hall–Kier alpha value is -0.570. The van der Waals surface area contributed by atoms with Crippen molar-refractivity contribution in [3.8, 4) is 0 Å². The summed E-state index contributed by atoms with van der Waals surface area (Å²) in [6.07, 6.45) is 1.35. The van der Waals surface area contributed by atoms with Crippen LogP contribution in [0.25, 0.3) is 0 Å². The Bertz CT molecular complexity index is 135. The molecule has 1 aliphatic rings. The van der Waals surface area contributed by atoms with Crippen molar-refractivity contribution in [3.05, 3.63) is 0 Å². The summed E-state index contributed by atoms with van der Waals surface area (Å²) in [5, 5.41) is 11.6. The summed E-state index contributed by atoms with van der Waals surface area (Å²) in [4.78, 5) is 10.7. The van der Waals surface area contributed by atoms with Crippen molar-refractivity contribution >= 4 is 5.91 Å². The van der Waals surface area contributed by atoms with Crippen LogP contribution in [0.1, 0.15) is 19.8 Å². The van der Waals surface area contributed by atoms with Crippen molar-refractivity contribution in [1.29, 1.82) is 0 Å². The van der Waals surface area contributed by atoms with Crippen LogP contribution in [-0.2, 0) is 4.79 Å². The maximum atomic E-state index is 10.7. The number of hydrogen-bond donors (Lipinski definition) is 2. The lowest BCUT2D eigenvalue weighted by atomic mass is 9.84. The minimum absolute atomic E-state index is 0.0755. The van der Waals surface area contributed by atoms with Crippen LogP contribution in [0, 0.1) is 5.41 Å². The van der Waals surface area contributed by atoms with Crippen LogP contribution in [0.4, 0.5) is 0 Å². The summed E-state index contributed by atoms with van der Waals surface area (Å²) in [6.45, 7) is 2.75. The fourth-order valence-electron chi connectivity index (χ4n) is 1.04. The molecule has 1 heterocycles. The monoisotopic (exact) mass is 143 g/mol. The second-order valence-corrected chi connectivity index (χ2v) is 3.25. The Labute approximate surface area is 60.4 Å². The Morgan fingerprint density at radius 2 is 2.50 bits per heavy atom. The van der Waals surface area contributed by atoms with Crippen LogP contribution < -0.4 is 5.32 Å². The zero-order valence-electron chi connectivity index (χ0n) is 6.18. The molecule has 1 amide bonds. The molecule has 1 fully saturated rings. The lowest BCUT2D eigenvalue weighted by molar-refractivity contribution is -0.124.